The van der Waals surface area contributed by atoms with E-state index in [-0.39, 0.29) is 0 Å². The van der Waals surface area contributed by atoms with Gasteiger partial charge in [-0.25, -0.2) is 0 Å². The number of hydrogen-bond donors (Lipinski definition) is 0. The molecule has 0 saturated heterocycles. The van der Waals surface area contributed by atoms with Gasteiger partial charge in [-0.3, -0.25) is 0 Å². The molecule has 0 unspecified atom stereocenters. The molecule has 2 heteroatoms. The number of fused-ring (bicyclic) bond motifs is 1. The van der Waals surface area contributed by atoms with Crippen molar-refractivity contribution < 1.29 is 4.42 Å². The lowest BCUT2D eigenvalue weighted by atomic mass is 9.93. The van der Waals surface area contributed by atoms with Crippen LogP contribution in [0, 0.1) is 0 Å². The average Bonchev–Trinajstić information content (AvgIpc) is 3.67. The fraction of sp³-hybridized carbons (Fsp3) is 0. The van der Waals surface area contributed by atoms with Crippen LogP contribution in [0.1, 0.15) is 0 Å². The molecule has 0 spiro atoms. The maximum absolute atomic E-state index is 6.41. The summed E-state index contributed by atoms with van der Waals surface area (Å²) in [6, 6.07) is 75.2. The lowest BCUT2D eigenvalue weighted by Gasteiger charge is -2.26. The molecule has 0 amide bonds. The minimum Gasteiger partial charge on any atom is -0.456 e. The van der Waals surface area contributed by atoms with Crippen LogP contribution >= 0.6 is 0 Å². The van der Waals surface area contributed by atoms with Crippen LogP contribution in [0.2, 0.25) is 0 Å². The van der Waals surface area contributed by atoms with E-state index in [4.69, 9.17) is 4.42 Å². The summed E-state index contributed by atoms with van der Waals surface area (Å²) in [5.41, 5.74) is 14.7. The van der Waals surface area contributed by atoms with Gasteiger partial charge < -0.3 is 9.32 Å². The standard InChI is InChI=1S/C50H35NO/c1-4-13-36(14-5-1)40-18-12-19-41(33-40)37-23-28-45(29-24-37)51(44-20-8-3-9-21-44)46-30-25-38(26-31-46)42-27-32-47(39-15-6-2-7-16-39)48(34-42)50-35-43-17-10-11-22-49(43)52-50/h1-35H. The summed E-state index contributed by atoms with van der Waals surface area (Å²) in [4.78, 5) is 2.31. The van der Waals surface area contributed by atoms with Gasteiger partial charge in [0.15, 0.2) is 0 Å². The molecule has 9 aromatic rings. The van der Waals surface area contributed by atoms with Crippen LogP contribution in [-0.4, -0.2) is 0 Å². The smallest absolute Gasteiger partial charge is 0.136 e. The van der Waals surface area contributed by atoms with Crippen molar-refractivity contribution in [2.75, 3.05) is 4.90 Å². The van der Waals surface area contributed by atoms with Crippen LogP contribution in [0.5, 0.6) is 0 Å². The van der Waals surface area contributed by atoms with Gasteiger partial charge in [-0.05, 0) is 105 Å². The Kier molecular flexibility index (Phi) is 8.24. The second-order valence-electron chi connectivity index (χ2n) is 13.0. The fourth-order valence-electron chi connectivity index (χ4n) is 7.05. The molecule has 1 aromatic heterocycles. The van der Waals surface area contributed by atoms with E-state index in [9.17, 15) is 0 Å². The van der Waals surface area contributed by atoms with Gasteiger partial charge >= 0.3 is 0 Å². The lowest BCUT2D eigenvalue weighted by Crippen LogP contribution is -2.09. The molecule has 0 radical (unpaired) electrons. The highest BCUT2D eigenvalue weighted by molar-refractivity contribution is 5.90. The number of para-hydroxylation sites is 2. The van der Waals surface area contributed by atoms with E-state index < -0.39 is 0 Å². The molecule has 52 heavy (non-hydrogen) atoms. The van der Waals surface area contributed by atoms with E-state index in [0.29, 0.717) is 0 Å². The van der Waals surface area contributed by atoms with Gasteiger partial charge in [0.2, 0.25) is 0 Å². The summed E-state index contributed by atoms with van der Waals surface area (Å²) in [7, 11) is 0. The normalized spacial score (nSPS) is 11.1. The highest BCUT2D eigenvalue weighted by Gasteiger charge is 2.16. The van der Waals surface area contributed by atoms with Gasteiger partial charge in [0.25, 0.3) is 0 Å². The monoisotopic (exact) mass is 665 g/mol. The molecule has 0 saturated carbocycles. The highest BCUT2D eigenvalue weighted by Crippen LogP contribution is 2.40. The molecule has 9 rings (SSSR count). The third-order valence-electron chi connectivity index (χ3n) is 9.70. The Morgan fingerprint density at radius 3 is 1.37 bits per heavy atom. The van der Waals surface area contributed by atoms with E-state index >= 15 is 0 Å². The molecule has 1 heterocycles. The molecule has 0 bridgehead atoms. The van der Waals surface area contributed by atoms with Crippen LogP contribution < -0.4 is 4.90 Å². The van der Waals surface area contributed by atoms with Crippen molar-refractivity contribution in [1.82, 2.24) is 0 Å². The molecule has 0 aliphatic heterocycles. The Bertz CT molecular complexity index is 2560. The van der Waals surface area contributed by atoms with E-state index in [1.54, 1.807) is 0 Å². The zero-order valence-electron chi connectivity index (χ0n) is 28.6. The number of nitrogens with zero attached hydrogens (tertiary/aromatic N) is 1. The van der Waals surface area contributed by atoms with Crippen molar-refractivity contribution >= 4 is 28.0 Å². The minimum atomic E-state index is 0.865. The molecule has 0 aliphatic rings. The van der Waals surface area contributed by atoms with Crippen molar-refractivity contribution in [1.29, 1.82) is 0 Å². The first-order valence-electron chi connectivity index (χ1n) is 17.7. The van der Waals surface area contributed by atoms with Gasteiger partial charge in [-0.1, -0.05) is 152 Å². The van der Waals surface area contributed by atoms with Crippen molar-refractivity contribution in [3.63, 3.8) is 0 Å². The van der Waals surface area contributed by atoms with Gasteiger partial charge in [-0.2, -0.15) is 0 Å². The van der Waals surface area contributed by atoms with Gasteiger partial charge in [-0.15, -0.1) is 0 Å². The molecular weight excluding hydrogens is 631 g/mol. The molecule has 8 aromatic carbocycles. The zero-order chi connectivity index (χ0) is 34.7. The van der Waals surface area contributed by atoms with Crippen molar-refractivity contribution in [3.05, 3.63) is 212 Å². The highest BCUT2D eigenvalue weighted by atomic mass is 16.3. The summed E-state index contributed by atoms with van der Waals surface area (Å²) in [6.07, 6.45) is 0. The Morgan fingerprint density at radius 2 is 0.750 bits per heavy atom. The topological polar surface area (TPSA) is 16.4 Å². The summed E-state index contributed by atoms with van der Waals surface area (Å²) in [5.74, 6) is 0.865. The maximum atomic E-state index is 6.41. The first-order valence-corrected chi connectivity index (χ1v) is 17.7. The Hall–Kier alpha value is -6.90. The van der Waals surface area contributed by atoms with E-state index in [1.807, 2.05) is 12.1 Å². The predicted molar refractivity (Wildman–Crippen MR) is 218 cm³/mol. The van der Waals surface area contributed by atoms with E-state index in [2.05, 4.69) is 205 Å². The van der Waals surface area contributed by atoms with Crippen LogP contribution in [0.25, 0.3) is 66.8 Å². The predicted octanol–water partition coefficient (Wildman–Crippen LogP) is 14.2. The van der Waals surface area contributed by atoms with Gasteiger partial charge in [0.05, 0.1) is 0 Å². The summed E-state index contributed by atoms with van der Waals surface area (Å²) in [6.45, 7) is 0. The number of anilines is 3. The van der Waals surface area contributed by atoms with E-state index in [1.165, 1.54) is 22.3 Å². The van der Waals surface area contributed by atoms with Crippen LogP contribution in [0.15, 0.2) is 217 Å². The van der Waals surface area contributed by atoms with Crippen molar-refractivity contribution in [2.24, 2.45) is 0 Å². The fourth-order valence-corrected chi connectivity index (χ4v) is 7.05. The quantitative estimate of drug-likeness (QED) is 0.161. The zero-order valence-corrected chi connectivity index (χ0v) is 28.6. The number of furan rings is 1. The third-order valence-corrected chi connectivity index (χ3v) is 9.70. The summed E-state index contributed by atoms with van der Waals surface area (Å²) >= 11 is 0. The first-order chi connectivity index (χ1) is 25.8. The van der Waals surface area contributed by atoms with Crippen LogP contribution in [-0.2, 0) is 0 Å². The molecular formula is C50H35NO. The second-order valence-corrected chi connectivity index (χ2v) is 13.0. The average molecular weight is 666 g/mol. The Labute approximate surface area is 304 Å². The number of benzene rings is 8. The Morgan fingerprint density at radius 1 is 0.288 bits per heavy atom. The number of hydrogen-bond acceptors (Lipinski definition) is 2. The molecule has 0 N–H and O–H groups in total. The minimum absolute atomic E-state index is 0.865. The largest absolute Gasteiger partial charge is 0.456 e. The number of rotatable bonds is 8. The molecule has 246 valence electrons. The van der Waals surface area contributed by atoms with Gasteiger partial charge in [0.1, 0.15) is 11.3 Å². The summed E-state index contributed by atoms with van der Waals surface area (Å²) in [5, 5.41) is 1.10. The SMILES string of the molecule is c1ccc(-c2cccc(-c3ccc(N(c4ccccc4)c4ccc(-c5ccc(-c6ccccc6)c(-c6cc7ccccc7o6)c5)cc4)cc3)c2)cc1. The first kappa shape index (κ1) is 31.1. The van der Waals surface area contributed by atoms with Crippen LogP contribution in [0.3, 0.4) is 0 Å². The van der Waals surface area contributed by atoms with E-state index in [0.717, 1.165) is 61.6 Å². The molecule has 0 aliphatic carbocycles. The Balaban J connectivity index is 1.06. The second kappa shape index (κ2) is 13.8. The van der Waals surface area contributed by atoms with Crippen molar-refractivity contribution in [2.45, 2.75) is 0 Å². The molecule has 0 fully saturated rings. The third kappa shape index (κ3) is 6.19. The lowest BCUT2D eigenvalue weighted by molar-refractivity contribution is 0.632. The molecule has 2 nitrogen and oxygen atoms in total. The van der Waals surface area contributed by atoms with Crippen LogP contribution in [0.4, 0.5) is 17.1 Å². The van der Waals surface area contributed by atoms with Gasteiger partial charge in [0, 0.05) is 28.0 Å². The maximum Gasteiger partial charge on any atom is 0.136 e. The van der Waals surface area contributed by atoms with Crippen molar-refractivity contribution in [3.8, 4) is 55.8 Å². The summed E-state index contributed by atoms with van der Waals surface area (Å²) < 4.78 is 6.41. The molecule has 0 atom stereocenters.